The largest absolute Gasteiger partial charge is 0.493 e. The van der Waals surface area contributed by atoms with Gasteiger partial charge in [0.15, 0.2) is 23.0 Å². The Balaban J connectivity index is 1.58. The molecule has 2 aromatic heterocycles. The van der Waals surface area contributed by atoms with Gasteiger partial charge < -0.3 is 29.7 Å². The van der Waals surface area contributed by atoms with Crippen LogP contribution in [0.3, 0.4) is 0 Å². The molecule has 11 nitrogen and oxygen atoms in total. The Bertz CT molecular complexity index is 1410. The van der Waals surface area contributed by atoms with Gasteiger partial charge in [-0.05, 0) is 31.2 Å². The summed E-state index contributed by atoms with van der Waals surface area (Å²) in [6, 6.07) is 6.13. The van der Waals surface area contributed by atoms with Crippen molar-refractivity contribution in [2.45, 2.75) is 13.5 Å². The van der Waals surface area contributed by atoms with Gasteiger partial charge in [0.1, 0.15) is 23.1 Å². The molecule has 0 atom stereocenters. The van der Waals surface area contributed by atoms with E-state index in [-0.39, 0.29) is 29.6 Å². The molecule has 13 heteroatoms. The number of anilines is 2. The van der Waals surface area contributed by atoms with Gasteiger partial charge in [0.2, 0.25) is 11.6 Å². The third-order valence-electron chi connectivity index (χ3n) is 5.27. The highest BCUT2D eigenvalue weighted by atomic mass is 19.1. The van der Waals surface area contributed by atoms with Gasteiger partial charge in [0, 0.05) is 11.6 Å². The number of hydrogen-bond acceptors (Lipinski definition) is 9. The van der Waals surface area contributed by atoms with E-state index in [9.17, 15) is 13.6 Å². The van der Waals surface area contributed by atoms with Crippen LogP contribution in [0.25, 0.3) is 11.5 Å². The van der Waals surface area contributed by atoms with Crippen molar-refractivity contribution in [3.05, 3.63) is 59.1 Å². The average Bonchev–Trinajstić information content (AvgIpc) is 3.42. The number of carbonyl (C=O) groups excluding carboxylic acids is 1. The van der Waals surface area contributed by atoms with Crippen LogP contribution in [-0.2, 0) is 6.54 Å². The Kier molecular flexibility index (Phi) is 6.72. The van der Waals surface area contributed by atoms with Crippen LogP contribution < -0.4 is 25.3 Å². The number of oxazole rings is 1. The predicted molar refractivity (Wildman–Crippen MR) is 124 cm³/mol. The first kappa shape index (κ1) is 24.4. The van der Waals surface area contributed by atoms with Crippen molar-refractivity contribution >= 4 is 17.4 Å². The van der Waals surface area contributed by atoms with Crippen molar-refractivity contribution in [1.29, 1.82) is 0 Å². The molecule has 2 aromatic carbocycles. The first-order valence-corrected chi connectivity index (χ1v) is 10.5. The number of methoxy groups -OCH3 is 3. The average molecular weight is 500 g/mol. The maximum atomic E-state index is 13.9. The predicted octanol–water partition coefficient (Wildman–Crippen LogP) is 3.43. The standard InChI is InChI=1S/C23H22F2N6O5/c1-11-16(28-23(36-11)12-7-17(33-2)20(35-4)18(8-12)34-3)10-31-21(26)19(29-30-31)22(32)27-15-6-5-13(24)9-14(15)25/h5-9H,10,26H2,1-4H3,(H,27,32). The third kappa shape index (κ3) is 4.62. The van der Waals surface area contributed by atoms with Crippen LogP contribution >= 0.6 is 0 Å². The zero-order valence-electron chi connectivity index (χ0n) is 19.8. The maximum Gasteiger partial charge on any atom is 0.280 e. The smallest absolute Gasteiger partial charge is 0.280 e. The molecule has 0 aliphatic heterocycles. The Morgan fingerprint density at radius 2 is 1.81 bits per heavy atom. The van der Waals surface area contributed by atoms with E-state index in [1.54, 1.807) is 19.1 Å². The van der Waals surface area contributed by atoms with Crippen LogP contribution in [0.4, 0.5) is 20.3 Å². The molecule has 0 aliphatic rings. The fraction of sp³-hybridized carbons (Fsp3) is 0.217. The van der Waals surface area contributed by atoms with Gasteiger partial charge in [-0.15, -0.1) is 5.10 Å². The van der Waals surface area contributed by atoms with Gasteiger partial charge in [0.05, 0.1) is 33.6 Å². The number of aryl methyl sites for hydroxylation is 1. The summed E-state index contributed by atoms with van der Waals surface area (Å²) >= 11 is 0. The SMILES string of the molecule is COc1cc(-c2nc(Cn3nnc(C(=O)Nc4ccc(F)cc4F)c3N)c(C)o2)cc(OC)c1OC. The molecule has 0 saturated heterocycles. The molecule has 0 radical (unpaired) electrons. The number of nitrogens with two attached hydrogens (primary N) is 1. The number of ether oxygens (including phenoxy) is 3. The Hall–Kier alpha value is -4.68. The number of nitrogens with one attached hydrogen (secondary N) is 1. The molecule has 0 aliphatic carbocycles. The maximum absolute atomic E-state index is 13.9. The minimum absolute atomic E-state index is 0.0385. The van der Waals surface area contributed by atoms with Crippen molar-refractivity contribution in [3.63, 3.8) is 0 Å². The van der Waals surface area contributed by atoms with Crippen LogP contribution in [0.2, 0.25) is 0 Å². The minimum Gasteiger partial charge on any atom is -0.493 e. The summed E-state index contributed by atoms with van der Waals surface area (Å²) in [5.74, 6) is -0.550. The van der Waals surface area contributed by atoms with Crippen LogP contribution in [0.5, 0.6) is 17.2 Å². The van der Waals surface area contributed by atoms with Crippen molar-refractivity contribution in [2.75, 3.05) is 32.4 Å². The number of aromatic nitrogens is 4. The number of nitrogens with zero attached hydrogens (tertiary/aromatic N) is 4. The lowest BCUT2D eigenvalue weighted by Crippen LogP contribution is -2.16. The Labute approximate surface area is 203 Å². The second-order valence-corrected chi connectivity index (χ2v) is 7.50. The lowest BCUT2D eigenvalue weighted by Gasteiger charge is -2.12. The van der Waals surface area contributed by atoms with Crippen LogP contribution in [0.1, 0.15) is 21.9 Å². The number of carbonyl (C=O) groups is 1. The number of benzene rings is 2. The van der Waals surface area contributed by atoms with Gasteiger partial charge >= 0.3 is 0 Å². The molecular weight excluding hydrogens is 478 g/mol. The van der Waals surface area contributed by atoms with Crippen molar-refractivity contribution < 1.29 is 32.2 Å². The fourth-order valence-corrected chi connectivity index (χ4v) is 3.42. The Morgan fingerprint density at radius 3 is 2.42 bits per heavy atom. The van der Waals surface area contributed by atoms with Gasteiger partial charge in [0.25, 0.3) is 5.91 Å². The number of nitrogen functional groups attached to an aromatic ring is 1. The van der Waals surface area contributed by atoms with Crippen LogP contribution in [-0.4, -0.2) is 47.2 Å². The highest BCUT2D eigenvalue weighted by molar-refractivity contribution is 6.05. The van der Waals surface area contributed by atoms with Crippen LogP contribution in [0.15, 0.2) is 34.7 Å². The molecule has 0 fully saturated rings. The summed E-state index contributed by atoms with van der Waals surface area (Å²) in [6.07, 6.45) is 0. The van der Waals surface area contributed by atoms with Gasteiger partial charge in [-0.1, -0.05) is 5.21 Å². The van der Waals surface area contributed by atoms with E-state index < -0.39 is 17.5 Å². The summed E-state index contributed by atoms with van der Waals surface area (Å²) < 4.78 is 50.1. The normalized spacial score (nSPS) is 10.8. The van der Waals surface area contributed by atoms with E-state index in [1.807, 2.05) is 0 Å². The monoisotopic (exact) mass is 500 g/mol. The topological polar surface area (TPSA) is 140 Å². The second-order valence-electron chi connectivity index (χ2n) is 7.50. The molecule has 36 heavy (non-hydrogen) atoms. The lowest BCUT2D eigenvalue weighted by molar-refractivity contribution is 0.102. The molecular formula is C23H22F2N6O5. The molecule has 188 valence electrons. The van der Waals surface area contributed by atoms with Gasteiger partial charge in [-0.2, -0.15) is 0 Å². The zero-order chi connectivity index (χ0) is 26.0. The summed E-state index contributed by atoms with van der Waals surface area (Å²) in [5.41, 5.74) is 6.66. The van der Waals surface area contributed by atoms with Crippen molar-refractivity contribution in [3.8, 4) is 28.7 Å². The first-order chi connectivity index (χ1) is 17.2. The molecule has 4 rings (SSSR count). The number of hydrogen-bond donors (Lipinski definition) is 2. The molecule has 0 saturated carbocycles. The Morgan fingerprint density at radius 1 is 1.11 bits per heavy atom. The quantitative estimate of drug-likeness (QED) is 0.372. The van der Waals surface area contributed by atoms with E-state index in [1.165, 1.54) is 26.0 Å². The van der Waals surface area contributed by atoms with Gasteiger partial charge in [-0.25, -0.2) is 18.4 Å². The number of rotatable bonds is 8. The van der Waals surface area contributed by atoms with Crippen molar-refractivity contribution in [1.82, 2.24) is 20.0 Å². The molecule has 4 aromatic rings. The molecule has 0 spiro atoms. The fourth-order valence-electron chi connectivity index (χ4n) is 3.42. The summed E-state index contributed by atoms with van der Waals surface area (Å²) in [5, 5.41) is 9.98. The molecule has 0 bridgehead atoms. The molecule has 0 unspecified atom stereocenters. The van der Waals surface area contributed by atoms with Crippen LogP contribution in [0, 0.1) is 18.6 Å². The van der Waals surface area contributed by atoms with E-state index in [4.69, 9.17) is 24.4 Å². The summed E-state index contributed by atoms with van der Waals surface area (Å²) in [7, 11) is 4.50. The number of amides is 1. The lowest BCUT2D eigenvalue weighted by atomic mass is 10.2. The first-order valence-electron chi connectivity index (χ1n) is 10.5. The molecule has 1 amide bonds. The van der Waals surface area contributed by atoms with E-state index in [2.05, 4.69) is 20.6 Å². The van der Waals surface area contributed by atoms with E-state index in [0.29, 0.717) is 40.3 Å². The number of halogens is 2. The second kappa shape index (κ2) is 9.90. The van der Waals surface area contributed by atoms with Gasteiger partial charge in [-0.3, -0.25) is 4.79 Å². The molecule has 2 heterocycles. The summed E-state index contributed by atoms with van der Waals surface area (Å²) in [4.78, 5) is 17.0. The minimum atomic E-state index is -0.938. The van der Waals surface area contributed by atoms with E-state index >= 15 is 0 Å². The summed E-state index contributed by atoms with van der Waals surface area (Å²) in [6.45, 7) is 1.75. The zero-order valence-corrected chi connectivity index (χ0v) is 19.8. The third-order valence-corrected chi connectivity index (χ3v) is 5.27. The molecule has 3 N–H and O–H groups in total. The highest BCUT2D eigenvalue weighted by Gasteiger charge is 2.22. The van der Waals surface area contributed by atoms with Crippen molar-refractivity contribution in [2.24, 2.45) is 0 Å². The highest BCUT2D eigenvalue weighted by Crippen LogP contribution is 2.41. The van der Waals surface area contributed by atoms with E-state index in [0.717, 1.165) is 12.1 Å².